The van der Waals surface area contributed by atoms with Crippen molar-refractivity contribution in [2.45, 2.75) is 0 Å². The summed E-state index contributed by atoms with van der Waals surface area (Å²) in [5, 5.41) is 5.39. The Morgan fingerprint density at radius 1 is 1.57 bits per heavy atom. The Balaban J connectivity index is 3.08. The van der Waals surface area contributed by atoms with E-state index in [1.807, 2.05) is 14.1 Å². The van der Waals surface area contributed by atoms with Gasteiger partial charge in [-0.05, 0) is 0 Å². The molecule has 0 spiro atoms. The van der Waals surface area contributed by atoms with Gasteiger partial charge in [-0.1, -0.05) is 0 Å². The van der Waals surface area contributed by atoms with E-state index in [9.17, 15) is 0 Å². The molecular formula is C4H10N2O. The summed E-state index contributed by atoms with van der Waals surface area (Å²) in [5.74, 6) is 0. The molecule has 0 aromatic heterocycles. The van der Waals surface area contributed by atoms with Crippen molar-refractivity contribution in [2.24, 2.45) is 5.10 Å². The molecule has 0 radical (unpaired) electrons. The molecule has 7 heavy (non-hydrogen) atoms. The van der Waals surface area contributed by atoms with Crippen molar-refractivity contribution in [3.63, 3.8) is 0 Å². The first-order chi connectivity index (χ1) is 3.27. The SMILES string of the molecule is COC=NN(C)C. The highest BCUT2D eigenvalue weighted by atomic mass is 16.5. The molecule has 42 valence electrons. The predicted molar refractivity (Wildman–Crippen MR) is 29.2 cm³/mol. The van der Waals surface area contributed by atoms with Crippen LogP contribution in [0.2, 0.25) is 0 Å². The summed E-state index contributed by atoms with van der Waals surface area (Å²) < 4.78 is 4.52. The molecule has 0 saturated carbocycles. The average Bonchev–Trinajstić information content (AvgIpc) is 1.61. The van der Waals surface area contributed by atoms with E-state index in [-0.39, 0.29) is 0 Å². The van der Waals surface area contributed by atoms with E-state index < -0.39 is 0 Å². The smallest absolute Gasteiger partial charge is 0.192 e. The quantitative estimate of drug-likeness (QED) is 0.281. The molecule has 0 rings (SSSR count). The summed E-state index contributed by atoms with van der Waals surface area (Å²) in [7, 11) is 5.22. The number of methoxy groups -OCH3 is 1. The van der Waals surface area contributed by atoms with Crippen LogP contribution in [0, 0.1) is 0 Å². The highest BCUT2D eigenvalue weighted by molar-refractivity contribution is 5.45. The van der Waals surface area contributed by atoms with Gasteiger partial charge in [0.1, 0.15) is 0 Å². The maximum absolute atomic E-state index is 4.52. The summed E-state index contributed by atoms with van der Waals surface area (Å²) in [6.07, 6.45) is 1.38. The normalized spacial score (nSPS) is 9.57. The molecule has 3 heteroatoms. The van der Waals surface area contributed by atoms with Gasteiger partial charge in [0.05, 0.1) is 7.11 Å². The molecule has 0 aromatic rings. The van der Waals surface area contributed by atoms with Gasteiger partial charge in [-0.2, -0.15) is 0 Å². The zero-order valence-electron chi connectivity index (χ0n) is 4.88. The lowest BCUT2D eigenvalue weighted by Crippen LogP contribution is -2.01. The second-order valence-corrected chi connectivity index (χ2v) is 1.30. The number of ether oxygens (including phenoxy) is 1. The van der Waals surface area contributed by atoms with Crippen molar-refractivity contribution in [2.75, 3.05) is 21.2 Å². The van der Waals surface area contributed by atoms with Crippen molar-refractivity contribution in [1.82, 2.24) is 5.01 Å². The van der Waals surface area contributed by atoms with Crippen molar-refractivity contribution in [3.8, 4) is 0 Å². The fraction of sp³-hybridized carbons (Fsp3) is 0.750. The molecule has 0 bridgehead atoms. The first kappa shape index (κ1) is 6.27. The molecule has 0 atom stereocenters. The molecule has 0 aromatic carbocycles. The molecule has 0 aliphatic rings. The largest absolute Gasteiger partial charge is 0.485 e. The third-order valence-electron chi connectivity index (χ3n) is 0.383. The van der Waals surface area contributed by atoms with Crippen molar-refractivity contribution in [1.29, 1.82) is 0 Å². The summed E-state index contributed by atoms with van der Waals surface area (Å²) in [4.78, 5) is 0. The van der Waals surface area contributed by atoms with Crippen molar-refractivity contribution >= 4 is 6.40 Å². The van der Waals surface area contributed by atoms with Crippen LogP contribution in [-0.2, 0) is 4.74 Å². The van der Waals surface area contributed by atoms with Crippen LogP contribution < -0.4 is 0 Å². The third-order valence-corrected chi connectivity index (χ3v) is 0.383. The molecule has 0 saturated heterocycles. The van der Waals surface area contributed by atoms with Crippen LogP contribution in [0.1, 0.15) is 0 Å². The Kier molecular flexibility index (Phi) is 3.10. The molecule has 0 aliphatic carbocycles. The number of nitrogens with zero attached hydrogens (tertiary/aromatic N) is 2. The number of hydrogen-bond donors (Lipinski definition) is 0. The highest BCUT2D eigenvalue weighted by Crippen LogP contribution is 1.69. The lowest BCUT2D eigenvalue weighted by molar-refractivity contribution is 0.378. The fourth-order valence-electron chi connectivity index (χ4n) is 0.141. The van der Waals surface area contributed by atoms with Crippen molar-refractivity contribution in [3.05, 3.63) is 0 Å². The van der Waals surface area contributed by atoms with E-state index in [0.29, 0.717) is 0 Å². The molecule has 3 nitrogen and oxygen atoms in total. The van der Waals surface area contributed by atoms with E-state index in [1.54, 1.807) is 12.1 Å². The molecule has 0 fully saturated rings. The Morgan fingerprint density at radius 2 is 2.14 bits per heavy atom. The number of rotatable bonds is 2. The van der Waals surface area contributed by atoms with Gasteiger partial charge in [-0.15, -0.1) is 5.10 Å². The first-order valence-electron chi connectivity index (χ1n) is 2.00. The summed E-state index contributed by atoms with van der Waals surface area (Å²) >= 11 is 0. The van der Waals surface area contributed by atoms with Gasteiger partial charge in [0.25, 0.3) is 0 Å². The van der Waals surface area contributed by atoms with Crippen LogP contribution in [0.25, 0.3) is 0 Å². The molecule has 0 heterocycles. The van der Waals surface area contributed by atoms with Gasteiger partial charge < -0.3 is 9.75 Å². The minimum absolute atomic E-state index is 1.38. The molecule has 0 unspecified atom stereocenters. The number of hydrogen-bond acceptors (Lipinski definition) is 3. The van der Waals surface area contributed by atoms with Gasteiger partial charge in [-0.3, -0.25) is 0 Å². The Hall–Kier alpha value is -0.730. The van der Waals surface area contributed by atoms with Gasteiger partial charge in [-0.25, -0.2) is 0 Å². The minimum atomic E-state index is 1.38. The van der Waals surface area contributed by atoms with Crippen molar-refractivity contribution < 1.29 is 4.74 Å². The predicted octanol–water partition coefficient (Wildman–Crippen LogP) is 0.138. The second kappa shape index (κ2) is 3.46. The Morgan fingerprint density at radius 3 is 2.29 bits per heavy atom. The second-order valence-electron chi connectivity index (χ2n) is 1.30. The van der Waals surface area contributed by atoms with Crippen LogP contribution >= 0.6 is 0 Å². The standard InChI is InChI=1S/C4H10N2O/c1-6(2)5-4-7-3/h4H,1-3H3. The fourth-order valence-corrected chi connectivity index (χ4v) is 0.141. The van der Waals surface area contributed by atoms with Gasteiger partial charge in [0, 0.05) is 14.1 Å². The van der Waals surface area contributed by atoms with E-state index >= 15 is 0 Å². The van der Waals surface area contributed by atoms with Crippen LogP contribution in [0.3, 0.4) is 0 Å². The van der Waals surface area contributed by atoms with Crippen LogP contribution in [-0.4, -0.2) is 32.6 Å². The third kappa shape index (κ3) is 5.27. The summed E-state index contributed by atoms with van der Waals surface area (Å²) in [5.41, 5.74) is 0. The zero-order valence-corrected chi connectivity index (χ0v) is 4.88. The minimum Gasteiger partial charge on any atom is -0.485 e. The lowest BCUT2D eigenvalue weighted by Gasteiger charge is -1.99. The van der Waals surface area contributed by atoms with Crippen LogP contribution in [0.5, 0.6) is 0 Å². The van der Waals surface area contributed by atoms with Gasteiger partial charge in [0.15, 0.2) is 6.40 Å². The zero-order chi connectivity index (χ0) is 5.70. The lowest BCUT2D eigenvalue weighted by atomic mass is 11.2. The van der Waals surface area contributed by atoms with E-state index in [2.05, 4.69) is 9.84 Å². The summed E-state index contributed by atoms with van der Waals surface area (Å²) in [6.45, 7) is 0. The van der Waals surface area contributed by atoms with E-state index in [4.69, 9.17) is 0 Å². The van der Waals surface area contributed by atoms with Gasteiger partial charge >= 0.3 is 0 Å². The maximum atomic E-state index is 4.52. The highest BCUT2D eigenvalue weighted by Gasteiger charge is 1.70. The van der Waals surface area contributed by atoms with Gasteiger partial charge in [0.2, 0.25) is 0 Å². The van der Waals surface area contributed by atoms with Crippen LogP contribution in [0.15, 0.2) is 5.10 Å². The monoisotopic (exact) mass is 102 g/mol. The first-order valence-corrected chi connectivity index (χ1v) is 2.00. The molecule has 0 aliphatic heterocycles. The molecule has 0 N–H and O–H groups in total. The topological polar surface area (TPSA) is 24.8 Å². The Labute approximate surface area is 43.6 Å². The van der Waals surface area contributed by atoms with E-state index in [1.165, 1.54) is 6.40 Å². The Bertz CT molecular complexity index is 60.7. The summed E-state index contributed by atoms with van der Waals surface area (Å²) in [6, 6.07) is 0. The van der Waals surface area contributed by atoms with E-state index in [0.717, 1.165) is 0 Å². The molecule has 0 amide bonds. The number of hydrazone groups is 1. The maximum Gasteiger partial charge on any atom is 0.192 e. The average molecular weight is 102 g/mol. The van der Waals surface area contributed by atoms with Crippen LogP contribution in [0.4, 0.5) is 0 Å². The molecular weight excluding hydrogens is 92.1 g/mol.